The van der Waals surface area contributed by atoms with Gasteiger partial charge in [0, 0.05) is 16.7 Å². The maximum Gasteiger partial charge on any atom is 0.293 e. The highest BCUT2D eigenvalue weighted by Crippen LogP contribution is 2.34. The fourth-order valence-electron chi connectivity index (χ4n) is 3.14. The predicted molar refractivity (Wildman–Crippen MR) is 129 cm³/mol. The van der Waals surface area contributed by atoms with Gasteiger partial charge in [0.25, 0.3) is 11.6 Å². The molecule has 8 nitrogen and oxygen atoms in total. The van der Waals surface area contributed by atoms with Gasteiger partial charge >= 0.3 is 0 Å². The third-order valence-corrected chi connectivity index (χ3v) is 5.00. The number of carbonyl (C=O) groups excluding carboxylic acids is 1. The minimum atomic E-state index is -0.793. The lowest BCUT2D eigenvalue weighted by molar-refractivity contribution is -0.384. The first-order valence-corrected chi connectivity index (χ1v) is 10.4. The van der Waals surface area contributed by atoms with Crippen LogP contribution in [0, 0.1) is 28.4 Å². The van der Waals surface area contributed by atoms with Crippen LogP contribution < -0.4 is 14.8 Å². The number of anilines is 1. The van der Waals surface area contributed by atoms with Crippen LogP contribution in [0.4, 0.5) is 11.4 Å². The van der Waals surface area contributed by atoms with Gasteiger partial charge in [0.2, 0.25) is 0 Å². The van der Waals surface area contributed by atoms with E-state index >= 15 is 0 Å². The third kappa shape index (κ3) is 5.91. The van der Waals surface area contributed by atoms with Crippen molar-refractivity contribution in [1.82, 2.24) is 0 Å². The van der Waals surface area contributed by atoms with Crippen LogP contribution in [0.1, 0.15) is 16.7 Å². The Labute approximate surface area is 201 Å². The molecule has 0 aliphatic heterocycles. The van der Waals surface area contributed by atoms with Crippen molar-refractivity contribution < 1.29 is 19.2 Å². The number of hydrogen-bond donors (Lipinski definition) is 1. The molecule has 34 heavy (non-hydrogen) atoms. The Morgan fingerprint density at radius 3 is 2.65 bits per heavy atom. The van der Waals surface area contributed by atoms with E-state index in [1.807, 2.05) is 12.1 Å². The molecule has 0 spiro atoms. The summed E-state index contributed by atoms with van der Waals surface area (Å²) in [5.41, 5.74) is 1.36. The van der Waals surface area contributed by atoms with Crippen molar-refractivity contribution in [3.8, 4) is 17.6 Å². The standard InChI is InChI=1S/C25H20ClN3O5/c1-16-9-10-21(22(11-16)29(31)32)28-25(30)19(14-27)13-18-6-4-8-23(33-2)24(18)34-15-17-5-3-7-20(26)12-17/h3-13H,15H2,1-2H3,(H,28,30)/b19-13+. The summed E-state index contributed by atoms with van der Waals surface area (Å²) in [6.45, 7) is 1.87. The van der Waals surface area contributed by atoms with Crippen LogP contribution in [-0.4, -0.2) is 17.9 Å². The van der Waals surface area contributed by atoms with Crippen LogP contribution in [0.2, 0.25) is 5.02 Å². The first-order chi connectivity index (χ1) is 16.3. The van der Waals surface area contributed by atoms with Crippen molar-refractivity contribution in [2.24, 2.45) is 0 Å². The van der Waals surface area contributed by atoms with Gasteiger partial charge in [-0.1, -0.05) is 41.9 Å². The number of nitro benzene ring substituents is 1. The van der Waals surface area contributed by atoms with Gasteiger partial charge in [-0.15, -0.1) is 0 Å². The number of nitrogens with zero attached hydrogens (tertiary/aromatic N) is 2. The number of carbonyl (C=O) groups is 1. The minimum absolute atomic E-state index is 0.00942. The molecule has 0 saturated carbocycles. The highest BCUT2D eigenvalue weighted by Gasteiger charge is 2.19. The van der Waals surface area contributed by atoms with E-state index in [-0.39, 0.29) is 23.6 Å². The van der Waals surface area contributed by atoms with Gasteiger partial charge in [-0.3, -0.25) is 14.9 Å². The lowest BCUT2D eigenvalue weighted by atomic mass is 10.1. The number of amides is 1. The number of halogens is 1. The zero-order valence-corrected chi connectivity index (χ0v) is 19.1. The second kappa shape index (κ2) is 11.0. The van der Waals surface area contributed by atoms with E-state index in [4.69, 9.17) is 21.1 Å². The highest BCUT2D eigenvalue weighted by atomic mass is 35.5. The summed E-state index contributed by atoms with van der Waals surface area (Å²) in [5.74, 6) is -0.0624. The summed E-state index contributed by atoms with van der Waals surface area (Å²) < 4.78 is 11.3. The Morgan fingerprint density at radius 2 is 1.97 bits per heavy atom. The molecular weight excluding hydrogens is 458 g/mol. The van der Waals surface area contributed by atoms with Crippen LogP contribution in [0.15, 0.2) is 66.2 Å². The molecule has 1 amide bonds. The summed E-state index contributed by atoms with van der Waals surface area (Å²) in [5, 5.41) is 24.0. The number of aryl methyl sites for hydroxylation is 1. The van der Waals surface area contributed by atoms with Crippen molar-refractivity contribution in [1.29, 1.82) is 5.26 Å². The SMILES string of the molecule is COc1cccc(/C=C(\C#N)C(=O)Nc2ccc(C)cc2[N+](=O)[O-])c1OCc1cccc(Cl)c1. The number of rotatable bonds is 8. The number of methoxy groups -OCH3 is 1. The molecule has 9 heteroatoms. The van der Waals surface area contributed by atoms with Crippen LogP contribution in [0.5, 0.6) is 11.5 Å². The molecule has 0 bridgehead atoms. The number of benzene rings is 3. The van der Waals surface area contributed by atoms with Gasteiger partial charge in [0.1, 0.15) is 23.9 Å². The number of ether oxygens (including phenoxy) is 2. The lowest BCUT2D eigenvalue weighted by Crippen LogP contribution is -2.14. The van der Waals surface area contributed by atoms with E-state index in [2.05, 4.69) is 5.32 Å². The topological polar surface area (TPSA) is 114 Å². The van der Waals surface area contributed by atoms with Crippen molar-refractivity contribution >= 4 is 35.0 Å². The molecule has 0 radical (unpaired) electrons. The second-order valence-corrected chi connectivity index (χ2v) is 7.64. The van der Waals surface area contributed by atoms with Crippen molar-refractivity contribution in [3.05, 3.63) is 98.1 Å². The molecule has 0 atom stereocenters. The Morgan fingerprint density at radius 1 is 1.21 bits per heavy atom. The fourth-order valence-corrected chi connectivity index (χ4v) is 3.35. The molecular formula is C25H20ClN3O5. The molecule has 3 aromatic rings. The quantitative estimate of drug-likeness (QED) is 0.193. The normalized spacial score (nSPS) is 10.8. The van der Waals surface area contributed by atoms with E-state index in [1.165, 1.54) is 25.3 Å². The van der Waals surface area contributed by atoms with Gasteiger partial charge < -0.3 is 14.8 Å². The van der Waals surface area contributed by atoms with Gasteiger partial charge in [0.05, 0.1) is 12.0 Å². The largest absolute Gasteiger partial charge is 0.493 e. The van der Waals surface area contributed by atoms with Crippen molar-refractivity contribution in [2.45, 2.75) is 13.5 Å². The van der Waals surface area contributed by atoms with Gasteiger partial charge in [0.15, 0.2) is 11.5 Å². The molecule has 0 heterocycles. The lowest BCUT2D eigenvalue weighted by Gasteiger charge is -2.14. The summed E-state index contributed by atoms with van der Waals surface area (Å²) in [4.78, 5) is 23.5. The van der Waals surface area contributed by atoms with Gasteiger partial charge in [-0.25, -0.2) is 0 Å². The minimum Gasteiger partial charge on any atom is -0.493 e. The molecule has 0 aliphatic rings. The van der Waals surface area contributed by atoms with Crippen molar-refractivity contribution in [2.75, 3.05) is 12.4 Å². The van der Waals surface area contributed by atoms with E-state index in [9.17, 15) is 20.2 Å². The average Bonchev–Trinajstić information content (AvgIpc) is 2.82. The molecule has 172 valence electrons. The Bertz CT molecular complexity index is 1310. The first kappa shape index (κ1) is 24.3. The number of nitro groups is 1. The van der Waals surface area contributed by atoms with Crippen LogP contribution in [0.25, 0.3) is 6.08 Å². The summed E-state index contributed by atoms with van der Waals surface area (Å²) in [6.07, 6.45) is 1.34. The van der Waals surface area contributed by atoms with Gasteiger partial charge in [-0.2, -0.15) is 5.26 Å². The van der Waals surface area contributed by atoms with E-state index in [1.54, 1.807) is 49.4 Å². The zero-order chi connectivity index (χ0) is 24.7. The van der Waals surface area contributed by atoms with Gasteiger partial charge in [-0.05, 0) is 48.4 Å². The van der Waals surface area contributed by atoms with Crippen molar-refractivity contribution in [3.63, 3.8) is 0 Å². The van der Waals surface area contributed by atoms with Crippen LogP contribution in [-0.2, 0) is 11.4 Å². The smallest absolute Gasteiger partial charge is 0.293 e. The zero-order valence-electron chi connectivity index (χ0n) is 18.4. The molecule has 3 rings (SSSR count). The van der Waals surface area contributed by atoms with E-state index < -0.39 is 10.8 Å². The Hall–Kier alpha value is -4.35. The van der Waals surface area contributed by atoms with Crippen LogP contribution >= 0.6 is 11.6 Å². The first-order valence-electron chi connectivity index (χ1n) is 10.0. The Kier molecular flexibility index (Phi) is 7.85. The number of nitrogens with one attached hydrogen (secondary N) is 1. The number of hydrogen-bond acceptors (Lipinski definition) is 6. The predicted octanol–water partition coefficient (Wildman–Crippen LogP) is 5.69. The molecule has 0 aromatic heterocycles. The second-order valence-electron chi connectivity index (χ2n) is 7.20. The monoisotopic (exact) mass is 477 g/mol. The Balaban J connectivity index is 1.92. The third-order valence-electron chi connectivity index (χ3n) is 4.76. The van der Waals surface area contributed by atoms with E-state index in [0.717, 1.165) is 5.56 Å². The maximum absolute atomic E-state index is 12.8. The molecule has 3 aromatic carbocycles. The molecule has 0 fully saturated rings. The number of nitriles is 1. The summed E-state index contributed by atoms with van der Waals surface area (Å²) in [7, 11) is 1.48. The summed E-state index contributed by atoms with van der Waals surface area (Å²) >= 11 is 6.03. The maximum atomic E-state index is 12.8. The van der Waals surface area contributed by atoms with Crippen LogP contribution in [0.3, 0.4) is 0 Å². The number of para-hydroxylation sites is 1. The molecule has 0 unspecified atom stereocenters. The average molecular weight is 478 g/mol. The van der Waals surface area contributed by atoms with E-state index in [0.29, 0.717) is 27.6 Å². The highest BCUT2D eigenvalue weighted by molar-refractivity contribution is 6.30. The molecule has 0 saturated heterocycles. The molecule has 0 aliphatic carbocycles. The molecule has 1 N–H and O–H groups in total. The summed E-state index contributed by atoms with van der Waals surface area (Å²) in [6, 6.07) is 18.4. The fraction of sp³-hybridized carbons (Fsp3) is 0.120.